The molecule has 9 heteroatoms. The van der Waals surface area contributed by atoms with Crippen LogP contribution in [0.3, 0.4) is 0 Å². The van der Waals surface area contributed by atoms with Gasteiger partial charge in [0.05, 0.1) is 29.5 Å². The normalized spacial score (nSPS) is 12.9. The number of rotatable bonds is 4. The summed E-state index contributed by atoms with van der Waals surface area (Å²) in [4.78, 5) is 24.1. The van der Waals surface area contributed by atoms with Gasteiger partial charge in [-0.15, -0.1) is 0 Å². The fourth-order valence-electron chi connectivity index (χ4n) is 2.33. The van der Waals surface area contributed by atoms with Crippen LogP contribution in [0.15, 0.2) is 29.1 Å². The lowest BCUT2D eigenvalue weighted by molar-refractivity contribution is -0.140. The van der Waals surface area contributed by atoms with E-state index in [1.807, 2.05) is 13.8 Å². The van der Waals surface area contributed by atoms with E-state index in [4.69, 9.17) is 4.74 Å². The van der Waals surface area contributed by atoms with Crippen molar-refractivity contribution in [2.24, 2.45) is 0 Å². The molecule has 0 aliphatic heterocycles. The molecular weight excluding hydrogens is 353 g/mol. The first-order valence-corrected chi connectivity index (χ1v) is 7.53. The second-order valence-corrected chi connectivity index (χ2v) is 5.63. The van der Waals surface area contributed by atoms with Gasteiger partial charge in [0.2, 0.25) is 0 Å². The molecule has 140 valence electrons. The summed E-state index contributed by atoms with van der Waals surface area (Å²) < 4.78 is 50.2. The number of benzene rings is 1. The molecule has 0 saturated heterocycles. The molecule has 0 radical (unpaired) electrons. The fourth-order valence-corrected chi connectivity index (χ4v) is 2.33. The van der Waals surface area contributed by atoms with Gasteiger partial charge < -0.3 is 9.47 Å². The van der Waals surface area contributed by atoms with Gasteiger partial charge in [-0.25, -0.2) is 9.48 Å². The van der Waals surface area contributed by atoms with Gasteiger partial charge in [0.1, 0.15) is 5.75 Å². The topological polar surface area (TPSA) is 73.3 Å². The molecule has 1 aromatic carbocycles. The van der Waals surface area contributed by atoms with E-state index >= 15 is 0 Å². The minimum atomic E-state index is -5.08. The number of hydrogen-bond acceptors (Lipinski definition) is 4. The van der Waals surface area contributed by atoms with Gasteiger partial charge in [0, 0.05) is 0 Å². The number of esters is 1. The van der Waals surface area contributed by atoms with E-state index in [2.05, 4.69) is 16.4 Å². The van der Waals surface area contributed by atoms with Crippen molar-refractivity contribution in [3.63, 3.8) is 0 Å². The number of carbonyl (C=O) groups is 1. The van der Waals surface area contributed by atoms with Crippen molar-refractivity contribution in [1.29, 1.82) is 0 Å². The van der Waals surface area contributed by atoms with Gasteiger partial charge in [-0.3, -0.25) is 9.89 Å². The lowest BCUT2D eigenvalue weighted by atomic mass is 10.2. The average molecular weight is 370 g/mol. The fraction of sp³-hybridized carbons (Fsp3) is 0.294. The van der Waals surface area contributed by atoms with E-state index in [0.29, 0.717) is 5.75 Å². The highest BCUT2D eigenvalue weighted by Crippen LogP contribution is 2.26. The van der Waals surface area contributed by atoms with Crippen molar-refractivity contribution in [1.82, 2.24) is 9.78 Å². The first-order valence-electron chi connectivity index (χ1n) is 7.53. The summed E-state index contributed by atoms with van der Waals surface area (Å²) in [5, 5.41) is 1.21. The number of hydrogen-bond donors (Lipinski definition) is 1. The standard InChI is InChI=1S/C17H17F3N2O4/c1-9(2)26-12-7-5-11(6-8-12)22-15(23)13(10(3)21-22)14(16(24)25-4)17(18,19)20/h5-9,21H,3H2,1-2,4H3. The molecule has 0 atom stereocenters. The van der Waals surface area contributed by atoms with Crippen molar-refractivity contribution < 1.29 is 27.4 Å². The number of H-pyrrole nitrogens is 1. The van der Waals surface area contributed by atoms with Crippen LogP contribution in [0.5, 0.6) is 5.75 Å². The maximum Gasteiger partial charge on any atom is 0.424 e. The van der Waals surface area contributed by atoms with Crippen LogP contribution in [0, 0.1) is 0 Å². The van der Waals surface area contributed by atoms with E-state index in [1.54, 1.807) is 12.1 Å². The molecule has 1 N–H and O–H groups in total. The second kappa shape index (κ2) is 7.11. The van der Waals surface area contributed by atoms with Crippen LogP contribution in [0.4, 0.5) is 13.2 Å². The van der Waals surface area contributed by atoms with Gasteiger partial charge in [0.15, 0.2) is 5.57 Å². The number of carbonyl (C=O) groups excluding carboxylic acids is 1. The van der Waals surface area contributed by atoms with Crippen LogP contribution in [-0.4, -0.2) is 35.1 Å². The van der Waals surface area contributed by atoms with Crippen LogP contribution < -0.4 is 20.9 Å². The summed E-state index contributed by atoms with van der Waals surface area (Å²) in [6.45, 7) is 7.08. The zero-order valence-electron chi connectivity index (χ0n) is 14.3. The van der Waals surface area contributed by atoms with Gasteiger partial charge in [-0.05, 0) is 38.1 Å². The van der Waals surface area contributed by atoms with Crippen LogP contribution in [0.2, 0.25) is 0 Å². The number of halogens is 3. The van der Waals surface area contributed by atoms with Crippen molar-refractivity contribution in [2.45, 2.75) is 26.1 Å². The molecule has 2 aromatic rings. The monoisotopic (exact) mass is 370 g/mol. The molecule has 0 bridgehead atoms. The lowest BCUT2D eigenvalue weighted by Gasteiger charge is -2.10. The molecule has 0 unspecified atom stereocenters. The number of ether oxygens (including phenoxy) is 2. The minimum absolute atomic E-state index is 0.0592. The first kappa shape index (κ1) is 19.4. The van der Waals surface area contributed by atoms with Crippen LogP contribution in [0.25, 0.3) is 17.8 Å². The SMILES string of the molecule is C=c1[nH]n(-c2ccc(OC(C)C)cc2)c(=O)c1=C(C(=O)OC)C(F)(F)F. The molecule has 2 rings (SSSR count). The van der Waals surface area contributed by atoms with E-state index in [9.17, 15) is 22.8 Å². The highest BCUT2D eigenvalue weighted by atomic mass is 19.4. The highest BCUT2D eigenvalue weighted by molar-refractivity contribution is 6.11. The summed E-state index contributed by atoms with van der Waals surface area (Å²) >= 11 is 0. The predicted molar refractivity (Wildman–Crippen MR) is 88.4 cm³/mol. The molecule has 1 heterocycles. The zero-order valence-corrected chi connectivity index (χ0v) is 14.3. The Morgan fingerprint density at radius 2 is 1.81 bits per heavy atom. The Morgan fingerprint density at radius 1 is 1.23 bits per heavy atom. The molecule has 0 amide bonds. The number of aromatic nitrogens is 2. The number of alkyl halides is 3. The summed E-state index contributed by atoms with van der Waals surface area (Å²) in [5.74, 6) is -1.12. The second-order valence-electron chi connectivity index (χ2n) is 5.63. The van der Waals surface area contributed by atoms with Crippen molar-refractivity contribution in [2.75, 3.05) is 7.11 Å². The van der Waals surface area contributed by atoms with Gasteiger partial charge >= 0.3 is 12.1 Å². The molecule has 0 spiro atoms. The maximum absolute atomic E-state index is 13.2. The summed E-state index contributed by atoms with van der Waals surface area (Å²) in [6.07, 6.45) is -5.13. The quantitative estimate of drug-likeness (QED) is 0.823. The lowest BCUT2D eigenvalue weighted by Crippen LogP contribution is -2.42. The smallest absolute Gasteiger partial charge is 0.424 e. The van der Waals surface area contributed by atoms with Crippen LogP contribution in [0.1, 0.15) is 13.8 Å². The highest BCUT2D eigenvalue weighted by Gasteiger charge is 2.41. The Labute approximate surface area is 146 Å². The van der Waals surface area contributed by atoms with E-state index < -0.39 is 28.5 Å². The number of aromatic amines is 1. The molecule has 0 saturated carbocycles. The largest absolute Gasteiger partial charge is 0.491 e. The number of nitrogens with zero attached hydrogens (tertiary/aromatic N) is 1. The summed E-state index contributed by atoms with van der Waals surface area (Å²) in [7, 11) is 0.801. The minimum Gasteiger partial charge on any atom is -0.491 e. The molecule has 0 fully saturated rings. The summed E-state index contributed by atoms with van der Waals surface area (Å²) in [6, 6.07) is 6.12. The molecule has 6 nitrogen and oxygen atoms in total. The maximum atomic E-state index is 13.2. The number of nitrogens with one attached hydrogen (secondary N) is 1. The third-order valence-electron chi connectivity index (χ3n) is 3.36. The predicted octanol–water partition coefficient (Wildman–Crippen LogP) is 1.25. The third-order valence-corrected chi connectivity index (χ3v) is 3.36. The third kappa shape index (κ3) is 3.81. The molecule has 26 heavy (non-hydrogen) atoms. The number of methoxy groups -OCH3 is 1. The average Bonchev–Trinajstić information content (AvgIpc) is 2.82. The Kier molecular flexibility index (Phi) is 5.29. The Balaban J connectivity index is 2.68. The van der Waals surface area contributed by atoms with Crippen molar-refractivity contribution in [3.05, 3.63) is 45.2 Å². The van der Waals surface area contributed by atoms with Crippen molar-refractivity contribution in [3.8, 4) is 11.4 Å². The van der Waals surface area contributed by atoms with Gasteiger partial charge in [-0.2, -0.15) is 13.2 Å². The van der Waals surface area contributed by atoms with Crippen molar-refractivity contribution >= 4 is 18.1 Å². The zero-order chi connectivity index (χ0) is 19.6. The van der Waals surface area contributed by atoms with E-state index in [1.165, 1.54) is 12.1 Å². The molecular formula is C17H17F3N2O4. The first-order chi connectivity index (χ1) is 12.1. The van der Waals surface area contributed by atoms with Gasteiger partial charge in [-0.1, -0.05) is 6.58 Å². The Morgan fingerprint density at radius 3 is 2.27 bits per heavy atom. The molecule has 1 aromatic heterocycles. The molecule has 0 aliphatic rings. The Bertz CT molecular complexity index is 969. The summed E-state index contributed by atoms with van der Waals surface area (Å²) in [5.41, 5.74) is -2.51. The van der Waals surface area contributed by atoms with E-state index in [-0.39, 0.29) is 17.1 Å². The molecule has 0 aliphatic carbocycles. The Hall–Kier alpha value is -2.97. The van der Waals surface area contributed by atoms with Crippen LogP contribution >= 0.6 is 0 Å². The van der Waals surface area contributed by atoms with Crippen LogP contribution in [-0.2, 0) is 9.53 Å². The van der Waals surface area contributed by atoms with E-state index in [0.717, 1.165) is 11.8 Å². The van der Waals surface area contributed by atoms with Gasteiger partial charge in [0.25, 0.3) is 5.56 Å².